The molecule has 1 heterocycles. The fraction of sp³-hybridized carbons (Fsp3) is 0.250. The molecule has 186 valence electrons. The molecule has 0 aromatic heterocycles. The van der Waals surface area contributed by atoms with Crippen LogP contribution in [-0.2, 0) is 16.0 Å². The van der Waals surface area contributed by atoms with Crippen LogP contribution in [0.4, 0.5) is 5.69 Å². The Bertz CT molecular complexity index is 1230. The number of hydrogen-bond acceptors (Lipinski definition) is 4. The van der Waals surface area contributed by atoms with E-state index >= 15 is 0 Å². The number of carbonyl (C=O) groups excluding carboxylic acids is 3. The Hall–Kier alpha value is -3.68. The molecule has 36 heavy (non-hydrogen) atoms. The molecule has 1 fully saturated rings. The fourth-order valence-electron chi connectivity index (χ4n) is 4.60. The van der Waals surface area contributed by atoms with Gasteiger partial charge in [-0.05, 0) is 48.5 Å². The lowest BCUT2D eigenvalue weighted by atomic mass is 9.88. The smallest absolute Gasteiger partial charge is 0.252 e. The number of nitrogens with one attached hydrogen (secondary N) is 2. The Morgan fingerprint density at radius 1 is 1.00 bits per heavy atom. The molecule has 0 spiro atoms. The van der Waals surface area contributed by atoms with Crippen molar-refractivity contribution in [2.75, 3.05) is 25.5 Å². The van der Waals surface area contributed by atoms with Gasteiger partial charge in [-0.1, -0.05) is 60.1 Å². The highest BCUT2D eigenvalue weighted by atomic mass is 35.5. The number of nitrogens with zero attached hydrogens (tertiary/aromatic N) is 1. The van der Waals surface area contributed by atoms with Gasteiger partial charge in [0.05, 0.1) is 5.92 Å². The second-order valence-corrected chi connectivity index (χ2v) is 9.61. The molecule has 0 radical (unpaired) electrons. The van der Waals surface area contributed by atoms with Crippen molar-refractivity contribution in [3.63, 3.8) is 0 Å². The van der Waals surface area contributed by atoms with Gasteiger partial charge in [-0.3, -0.25) is 14.4 Å². The van der Waals surface area contributed by atoms with Gasteiger partial charge in [0.25, 0.3) is 5.91 Å². The number of halogens is 1. The number of likely N-dealkylation sites (N-methyl/N-ethyl adjacent to an activating group) is 1. The first-order valence-corrected chi connectivity index (χ1v) is 12.2. The second-order valence-electron chi connectivity index (χ2n) is 9.17. The first kappa shape index (κ1) is 25.4. The molecule has 0 bridgehead atoms. The molecule has 0 saturated carbocycles. The second kappa shape index (κ2) is 11.4. The maximum Gasteiger partial charge on any atom is 0.252 e. The van der Waals surface area contributed by atoms with Gasteiger partial charge in [-0.2, -0.15) is 0 Å². The van der Waals surface area contributed by atoms with Crippen LogP contribution in [0.25, 0.3) is 0 Å². The molecule has 1 aliphatic heterocycles. The molecule has 3 amide bonds. The fourth-order valence-corrected chi connectivity index (χ4v) is 4.73. The highest BCUT2D eigenvalue weighted by Crippen LogP contribution is 2.33. The average Bonchev–Trinajstić information content (AvgIpc) is 3.26. The predicted molar refractivity (Wildman–Crippen MR) is 141 cm³/mol. The lowest BCUT2D eigenvalue weighted by Crippen LogP contribution is -2.45. The van der Waals surface area contributed by atoms with E-state index in [1.165, 1.54) is 0 Å². The lowest BCUT2D eigenvalue weighted by molar-refractivity contribution is -0.120. The van der Waals surface area contributed by atoms with Crippen LogP contribution in [0.1, 0.15) is 27.4 Å². The number of rotatable bonds is 8. The number of hydrogen-bond donors (Lipinski definition) is 3. The molecule has 4 N–H and O–H groups in total. The van der Waals surface area contributed by atoms with Crippen LogP contribution in [0.15, 0.2) is 78.9 Å². The van der Waals surface area contributed by atoms with Gasteiger partial charge < -0.3 is 21.3 Å². The van der Waals surface area contributed by atoms with Crippen LogP contribution in [0, 0.1) is 5.92 Å². The monoisotopic (exact) mass is 504 g/mol. The minimum absolute atomic E-state index is 0.0352. The molecule has 4 rings (SSSR count). The van der Waals surface area contributed by atoms with E-state index in [2.05, 4.69) is 15.5 Å². The zero-order valence-electron chi connectivity index (χ0n) is 20.0. The third kappa shape index (κ3) is 6.30. The summed E-state index contributed by atoms with van der Waals surface area (Å²) in [6.07, 6.45) is 0.291. The Morgan fingerprint density at radius 2 is 1.72 bits per heavy atom. The summed E-state index contributed by atoms with van der Waals surface area (Å²) in [6.45, 7) is 1.39. The number of anilines is 1. The van der Waals surface area contributed by atoms with E-state index in [-0.39, 0.29) is 17.7 Å². The molecule has 1 saturated heterocycles. The molecule has 7 nitrogen and oxygen atoms in total. The third-order valence-electron chi connectivity index (χ3n) is 6.46. The topological polar surface area (TPSA) is 105 Å². The van der Waals surface area contributed by atoms with Crippen molar-refractivity contribution in [2.24, 2.45) is 11.7 Å². The van der Waals surface area contributed by atoms with Crippen molar-refractivity contribution in [3.05, 3.63) is 101 Å². The number of primary amides is 1. The number of carbonyl (C=O) groups is 3. The number of benzene rings is 3. The van der Waals surface area contributed by atoms with E-state index in [9.17, 15) is 14.4 Å². The van der Waals surface area contributed by atoms with E-state index in [0.717, 1.165) is 17.7 Å². The van der Waals surface area contributed by atoms with Gasteiger partial charge in [0.2, 0.25) is 11.8 Å². The van der Waals surface area contributed by atoms with Crippen molar-refractivity contribution in [1.82, 2.24) is 10.2 Å². The Balaban J connectivity index is 1.44. The van der Waals surface area contributed by atoms with Gasteiger partial charge >= 0.3 is 0 Å². The number of nitrogens with two attached hydrogens (primary N) is 1. The van der Waals surface area contributed by atoms with Crippen LogP contribution in [-0.4, -0.2) is 48.8 Å². The first-order valence-electron chi connectivity index (χ1n) is 11.8. The minimum atomic E-state index is -0.854. The molecular weight excluding hydrogens is 476 g/mol. The van der Waals surface area contributed by atoms with Crippen LogP contribution >= 0.6 is 11.6 Å². The summed E-state index contributed by atoms with van der Waals surface area (Å²) in [5.41, 5.74) is 8.32. The van der Waals surface area contributed by atoms with Gasteiger partial charge in [-0.25, -0.2) is 0 Å². The predicted octanol–water partition coefficient (Wildman–Crippen LogP) is 3.45. The Morgan fingerprint density at radius 3 is 2.42 bits per heavy atom. The van der Waals surface area contributed by atoms with Crippen LogP contribution in [0.5, 0.6) is 0 Å². The van der Waals surface area contributed by atoms with Gasteiger partial charge in [0.15, 0.2) is 0 Å². The van der Waals surface area contributed by atoms with Crippen molar-refractivity contribution < 1.29 is 14.4 Å². The normalized spacial score (nSPS) is 18.4. The molecule has 1 aliphatic rings. The maximum absolute atomic E-state index is 13.2. The standard InChI is InChI=1S/C28H29ClN4O3/c1-33-16-23(19-10-12-21(29)13-11-19)24(17-33)28(36)31-22-9-5-8-20(15-22)27(35)32-25(26(30)34)14-18-6-3-2-4-7-18/h2-13,15,23-25H,14,16-17H2,1H3,(H2,30,34)(H,31,36)(H,32,35)/t23-,24+,25-/m0/s1. The largest absolute Gasteiger partial charge is 0.368 e. The van der Waals surface area contributed by atoms with Gasteiger partial charge in [0, 0.05) is 41.7 Å². The van der Waals surface area contributed by atoms with Crippen molar-refractivity contribution >= 4 is 35.0 Å². The Kier molecular flexibility index (Phi) is 8.03. The zero-order chi connectivity index (χ0) is 25.7. The first-order chi connectivity index (χ1) is 17.3. The summed E-state index contributed by atoms with van der Waals surface area (Å²) in [6, 6.07) is 22.7. The molecule has 3 atom stereocenters. The molecule has 3 aromatic carbocycles. The average molecular weight is 505 g/mol. The number of amides is 3. The molecular formula is C28H29ClN4O3. The van der Waals surface area contributed by atoms with Crippen molar-refractivity contribution in [1.29, 1.82) is 0 Å². The van der Waals surface area contributed by atoms with E-state index < -0.39 is 17.9 Å². The van der Waals surface area contributed by atoms with Gasteiger partial charge in [0.1, 0.15) is 6.04 Å². The SMILES string of the molecule is CN1C[C@@H](C(=O)Nc2cccc(C(=O)N[C@@H](Cc3ccccc3)C(N)=O)c2)[C@H](c2ccc(Cl)cc2)C1. The molecule has 3 aromatic rings. The quantitative estimate of drug-likeness (QED) is 0.437. The van der Waals surface area contributed by atoms with E-state index in [4.69, 9.17) is 17.3 Å². The van der Waals surface area contributed by atoms with Crippen LogP contribution in [0.2, 0.25) is 5.02 Å². The molecule has 0 unspecified atom stereocenters. The van der Waals surface area contributed by atoms with Crippen molar-refractivity contribution in [2.45, 2.75) is 18.4 Å². The summed E-state index contributed by atoms with van der Waals surface area (Å²) in [7, 11) is 1.99. The van der Waals surface area contributed by atoms with Crippen LogP contribution in [0.3, 0.4) is 0 Å². The summed E-state index contributed by atoms with van der Waals surface area (Å²) in [5, 5.41) is 6.33. The number of likely N-dealkylation sites (tertiary alicyclic amines) is 1. The summed E-state index contributed by atoms with van der Waals surface area (Å²) in [5.74, 6) is -1.39. The third-order valence-corrected chi connectivity index (χ3v) is 6.71. The highest BCUT2D eigenvalue weighted by Gasteiger charge is 2.37. The van der Waals surface area contributed by atoms with E-state index in [1.807, 2.05) is 61.6 Å². The summed E-state index contributed by atoms with van der Waals surface area (Å²) in [4.78, 5) is 40.2. The lowest BCUT2D eigenvalue weighted by Gasteiger charge is -2.19. The summed E-state index contributed by atoms with van der Waals surface area (Å²) < 4.78 is 0. The summed E-state index contributed by atoms with van der Waals surface area (Å²) >= 11 is 6.03. The molecule has 0 aliphatic carbocycles. The maximum atomic E-state index is 13.2. The van der Waals surface area contributed by atoms with Crippen LogP contribution < -0.4 is 16.4 Å². The minimum Gasteiger partial charge on any atom is -0.368 e. The van der Waals surface area contributed by atoms with Crippen molar-refractivity contribution in [3.8, 4) is 0 Å². The van der Waals surface area contributed by atoms with Gasteiger partial charge in [-0.15, -0.1) is 0 Å². The van der Waals surface area contributed by atoms with E-state index in [1.54, 1.807) is 24.3 Å². The Labute approximate surface area is 215 Å². The zero-order valence-corrected chi connectivity index (χ0v) is 20.7. The molecule has 8 heteroatoms. The highest BCUT2D eigenvalue weighted by molar-refractivity contribution is 6.30. The van der Waals surface area contributed by atoms with E-state index in [0.29, 0.717) is 29.2 Å².